The van der Waals surface area contributed by atoms with Crippen LogP contribution in [0.25, 0.3) is 0 Å². The zero-order chi connectivity index (χ0) is 10.8. The largest absolute Gasteiger partial charge is 0.469 e. The number of nitrogens with zero attached hydrogens (tertiary/aromatic N) is 1. The first-order valence-electron chi connectivity index (χ1n) is 5.61. The number of methoxy groups -OCH3 is 1. The van der Waals surface area contributed by atoms with Crippen LogP contribution < -0.4 is 0 Å². The number of ether oxygens (including phenoxy) is 1. The third kappa shape index (κ3) is 1.85. The van der Waals surface area contributed by atoms with Gasteiger partial charge in [-0.05, 0) is 25.7 Å². The maximum Gasteiger partial charge on any atom is 0.310 e. The number of fused-ring (bicyclic) bond motifs is 1. The monoisotopic (exact) mass is 211 g/mol. The molecule has 1 amide bonds. The van der Waals surface area contributed by atoms with Gasteiger partial charge in [-0.25, -0.2) is 0 Å². The molecule has 4 heteroatoms. The van der Waals surface area contributed by atoms with E-state index in [4.69, 9.17) is 4.74 Å². The van der Waals surface area contributed by atoms with Crippen LogP contribution in [-0.2, 0) is 14.3 Å². The Hall–Kier alpha value is -1.06. The number of amides is 1. The van der Waals surface area contributed by atoms with Gasteiger partial charge in [0.1, 0.15) is 0 Å². The molecule has 2 heterocycles. The van der Waals surface area contributed by atoms with E-state index in [0.717, 1.165) is 32.2 Å². The Morgan fingerprint density at radius 1 is 1.40 bits per heavy atom. The molecule has 2 saturated heterocycles. The second-order valence-electron chi connectivity index (χ2n) is 4.32. The van der Waals surface area contributed by atoms with Crippen LogP contribution in [0.4, 0.5) is 0 Å². The van der Waals surface area contributed by atoms with Gasteiger partial charge in [0.2, 0.25) is 5.91 Å². The van der Waals surface area contributed by atoms with Gasteiger partial charge in [0.05, 0.1) is 13.0 Å². The molecule has 0 unspecified atom stereocenters. The molecule has 0 aliphatic carbocycles. The summed E-state index contributed by atoms with van der Waals surface area (Å²) < 4.78 is 4.81. The van der Waals surface area contributed by atoms with Gasteiger partial charge in [-0.2, -0.15) is 0 Å². The van der Waals surface area contributed by atoms with Gasteiger partial charge in [0.15, 0.2) is 0 Å². The van der Waals surface area contributed by atoms with E-state index in [1.807, 2.05) is 4.90 Å². The van der Waals surface area contributed by atoms with Gasteiger partial charge in [0.25, 0.3) is 0 Å². The number of carbonyl (C=O) groups is 2. The van der Waals surface area contributed by atoms with E-state index in [-0.39, 0.29) is 23.8 Å². The highest BCUT2D eigenvalue weighted by molar-refractivity contribution is 5.80. The minimum atomic E-state index is -0.151. The van der Waals surface area contributed by atoms with E-state index in [0.29, 0.717) is 6.42 Å². The molecule has 0 aromatic carbocycles. The summed E-state index contributed by atoms with van der Waals surface area (Å²) in [4.78, 5) is 25.2. The highest BCUT2D eigenvalue weighted by atomic mass is 16.5. The van der Waals surface area contributed by atoms with Crippen molar-refractivity contribution in [3.8, 4) is 0 Å². The standard InChI is InChI=1S/C11H17NO3/c1-15-11(14)8-4-2-6-10(13)12-7-3-5-9(8)12/h8-9H,2-7H2,1H3/t8-,9-/m0/s1. The maximum absolute atomic E-state index is 11.7. The predicted octanol–water partition coefficient (Wildman–Crippen LogP) is 0.951. The molecule has 4 nitrogen and oxygen atoms in total. The zero-order valence-corrected chi connectivity index (χ0v) is 9.07. The Morgan fingerprint density at radius 2 is 2.20 bits per heavy atom. The smallest absolute Gasteiger partial charge is 0.310 e. The molecule has 84 valence electrons. The van der Waals surface area contributed by atoms with Crippen molar-refractivity contribution in [2.75, 3.05) is 13.7 Å². The molecule has 2 fully saturated rings. The van der Waals surface area contributed by atoms with Crippen molar-refractivity contribution in [2.45, 2.75) is 38.1 Å². The Bertz CT molecular complexity index is 277. The molecule has 0 aromatic heterocycles. The van der Waals surface area contributed by atoms with Crippen LogP contribution in [0, 0.1) is 5.92 Å². The summed E-state index contributed by atoms with van der Waals surface area (Å²) in [6.07, 6.45) is 4.16. The molecular weight excluding hydrogens is 194 g/mol. The van der Waals surface area contributed by atoms with Gasteiger partial charge < -0.3 is 9.64 Å². The Balaban J connectivity index is 2.17. The minimum absolute atomic E-state index is 0.0936. The lowest BCUT2D eigenvalue weighted by atomic mass is 9.94. The van der Waals surface area contributed by atoms with Gasteiger partial charge in [-0.3, -0.25) is 9.59 Å². The number of carbonyl (C=O) groups excluding carboxylic acids is 2. The number of hydrogen-bond donors (Lipinski definition) is 0. The lowest BCUT2D eigenvalue weighted by molar-refractivity contribution is -0.148. The van der Waals surface area contributed by atoms with Crippen molar-refractivity contribution < 1.29 is 14.3 Å². The van der Waals surface area contributed by atoms with E-state index in [9.17, 15) is 9.59 Å². The van der Waals surface area contributed by atoms with Gasteiger partial charge in [-0.15, -0.1) is 0 Å². The first-order chi connectivity index (χ1) is 7.24. The fourth-order valence-corrected chi connectivity index (χ4v) is 2.76. The van der Waals surface area contributed by atoms with Gasteiger partial charge in [-0.1, -0.05) is 0 Å². The van der Waals surface area contributed by atoms with E-state index in [1.165, 1.54) is 7.11 Å². The first kappa shape index (κ1) is 10.5. The van der Waals surface area contributed by atoms with Crippen molar-refractivity contribution in [1.29, 1.82) is 0 Å². The van der Waals surface area contributed by atoms with E-state index in [2.05, 4.69) is 0 Å². The van der Waals surface area contributed by atoms with Crippen LogP contribution in [0.2, 0.25) is 0 Å². The summed E-state index contributed by atoms with van der Waals surface area (Å²) in [5, 5.41) is 0. The molecule has 0 N–H and O–H groups in total. The van der Waals surface area contributed by atoms with Crippen molar-refractivity contribution in [2.24, 2.45) is 5.92 Å². The summed E-state index contributed by atoms with van der Waals surface area (Å²) in [6.45, 7) is 0.816. The summed E-state index contributed by atoms with van der Waals surface area (Å²) in [5.74, 6) is -0.0329. The van der Waals surface area contributed by atoms with Crippen LogP contribution in [0.3, 0.4) is 0 Å². The SMILES string of the molecule is COC(=O)[C@H]1CCCC(=O)N2CCC[C@@H]12. The molecule has 2 aliphatic rings. The second-order valence-corrected chi connectivity index (χ2v) is 4.32. The summed E-state index contributed by atoms with van der Waals surface area (Å²) in [7, 11) is 1.42. The van der Waals surface area contributed by atoms with Crippen LogP contribution in [0.15, 0.2) is 0 Å². The van der Waals surface area contributed by atoms with Crippen molar-refractivity contribution in [3.05, 3.63) is 0 Å². The van der Waals surface area contributed by atoms with Crippen molar-refractivity contribution in [3.63, 3.8) is 0 Å². The fraction of sp³-hybridized carbons (Fsp3) is 0.818. The van der Waals surface area contributed by atoms with Crippen molar-refractivity contribution in [1.82, 2.24) is 4.90 Å². The Labute approximate surface area is 89.6 Å². The Kier molecular flexibility index (Phi) is 2.93. The normalized spacial score (nSPS) is 31.0. The third-order valence-corrected chi connectivity index (χ3v) is 3.49. The van der Waals surface area contributed by atoms with Crippen LogP contribution >= 0.6 is 0 Å². The van der Waals surface area contributed by atoms with E-state index < -0.39 is 0 Å². The highest BCUT2D eigenvalue weighted by Gasteiger charge is 2.40. The topological polar surface area (TPSA) is 46.6 Å². The van der Waals surface area contributed by atoms with Crippen molar-refractivity contribution >= 4 is 11.9 Å². The second kappa shape index (κ2) is 4.21. The predicted molar refractivity (Wildman–Crippen MR) is 54.1 cm³/mol. The quantitative estimate of drug-likeness (QED) is 0.607. The molecule has 0 aromatic rings. The molecule has 2 aliphatic heterocycles. The Morgan fingerprint density at radius 3 is 2.93 bits per heavy atom. The van der Waals surface area contributed by atoms with Crippen LogP contribution in [0.5, 0.6) is 0 Å². The summed E-state index contributed by atoms with van der Waals surface area (Å²) in [6, 6.07) is 0.104. The highest BCUT2D eigenvalue weighted by Crippen LogP contribution is 2.32. The average molecular weight is 211 g/mol. The van der Waals surface area contributed by atoms with E-state index in [1.54, 1.807) is 0 Å². The van der Waals surface area contributed by atoms with Crippen LogP contribution in [-0.4, -0.2) is 36.5 Å². The van der Waals surface area contributed by atoms with Gasteiger partial charge in [0, 0.05) is 19.0 Å². The molecule has 0 saturated carbocycles. The molecule has 15 heavy (non-hydrogen) atoms. The van der Waals surface area contributed by atoms with Crippen LogP contribution in [0.1, 0.15) is 32.1 Å². The maximum atomic E-state index is 11.7. The first-order valence-corrected chi connectivity index (χ1v) is 5.61. The fourth-order valence-electron chi connectivity index (χ4n) is 2.76. The molecule has 2 rings (SSSR count). The number of esters is 1. The summed E-state index contributed by atoms with van der Waals surface area (Å²) in [5.41, 5.74) is 0. The minimum Gasteiger partial charge on any atom is -0.469 e. The lowest BCUT2D eigenvalue weighted by Crippen LogP contribution is -2.41. The molecule has 0 spiro atoms. The summed E-state index contributed by atoms with van der Waals surface area (Å²) >= 11 is 0. The number of rotatable bonds is 1. The zero-order valence-electron chi connectivity index (χ0n) is 9.07. The molecule has 0 bridgehead atoms. The number of hydrogen-bond acceptors (Lipinski definition) is 3. The molecular formula is C11H17NO3. The average Bonchev–Trinajstić information content (AvgIpc) is 2.66. The van der Waals surface area contributed by atoms with E-state index >= 15 is 0 Å². The lowest BCUT2D eigenvalue weighted by Gasteiger charge is -2.27. The molecule has 2 atom stereocenters. The third-order valence-electron chi connectivity index (χ3n) is 3.49. The molecule has 0 radical (unpaired) electrons. The van der Waals surface area contributed by atoms with Gasteiger partial charge >= 0.3 is 5.97 Å².